The van der Waals surface area contributed by atoms with Gasteiger partial charge in [0.2, 0.25) is 0 Å². The second-order valence-corrected chi connectivity index (χ2v) is 8.31. The molecule has 0 radical (unpaired) electrons. The van der Waals surface area contributed by atoms with Crippen LogP contribution in [-0.2, 0) is 20.9 Å². The number of aliphatic hydroxyl groups is 1. The standard InChI is InChI=1S/C28H25F2NO6/c1-35-14-13-31-25(18-5-10-21(11-6-18)37-16-17-3-7-19(29)8-4-17)24(27(33)28(31)34)26(32)22-15-20(30)9-12-23(22)36-2/h3-12,15,25,32H,13-14,16H2,1-2H3/b26-24+. The highest BCUT2D eigenvalue weighted by Crippen LogP contribution is 2.41. The molecule has 3 aromatic rings. The van der Waals surface area contributed by atoms with Crippen LogP contribution in [0.2, 0.25) is 0 Å². The number of halogens is 2. The number of aliphatic hydroxyl groups excluding tert-OH is 1. The maximum absolute atomic E-state index is 14.0. The van der Waals surface area contributed by atoms with Gasteiger partial charge in [-0.3, -0.25) is 9.59 Å². The Morgan fingerprint density at radius 2 is 1.62 bits per heavy atom. The molecule has 192 valence electrons. The summed E-state index contributed by atoms with van der Waals surface area (Å²) in [6, 6.07) is 15.2. The van der Waals surface area contributed by atoms with Crippen LogP contribution in [0.25, 0.3) is 5.76 Å². The van der Waals surface area contributed by atoms with Gasteiger partial charge in [-0.2, -0.15) is 0 Å². The van der Waals surface area contributed by atoms with Crippen molar-refractivity contribution < 1.29 is 37.7 Å². The fraction of sp³-hybridized carbons (Fsp3) is 0.214. The van der Waals surface area contributed by atoms with Gasteiger partial charge in [-0.05, 0) is 53.6 Å². The predicted octanol–water partition coefficient (Wildman–Crippen LogP) is 4.62. The van der Waals surface area contributed by atoms with E-state index in [1.54, 1.807) is 36.4 Å². The topological polar surface area (TPSA) is 85.3 Å². The van der Waals surface area contributed by atoms with E-state index in [1.165, 1.54) is 37.3 Å². The minimum Gasteiger partial charge on any atom is -0.507 e. The van der Waals surface area contributed by atoms with E-state index in [1.807, 2.05) is 0 Å². The van der Waals surface area contributed by atoms with Gasteiger partial charge in [-0.25, -0.2) is 8.78 Å². The average Bonchev–Trinajstić information content (AvgIpc) is 3.16. The molecule has 7 nitrogen and oxygen atoms in total. The quantitative estimate of drug-likeness (QED) is 0.257. The van der Waals surface area contributed by atoms with Crippen molar-refractivity contribution in [2.45, 2.75) is 12.6 Å². The Bertz CT molecular complexity index is 1320. The molecule has 4 rings (SSSR count). The Labute approximate surface area is 212 Å². The second-order valence-electron chi connectivity index (χ2n) is 8.31. The van der Waals surface area contributed by atoms with Gasteiger partial charge in [0.15, 0.2) is 0 Å². The van der Waals surface area contributed by atoms with Crippen LogP contribution in [0.15, 0.2) is 72.3 Å². The van der Waals surface area contributed by atoms with Crippen LogP contribution in [0.4, 0.5) is 8.78 Å². The molecule has 37 heavy (non-hydrogen) atoms. The number of methoxy groups -OCH3 is 2. The van der Waals surface area contributed by atoms with E-state index in [4.69, 9.17) is 14.2 Å². The van der Waals surface area contributed by atoms with Gasteiger partial charge in [0.25, 0.3) is 11.7 Å². The SMILES string of the molecule is COCCN1C(=O)C(=O)/C(=C(/O)c2cc(F)ccc2OC)C1c1ccc(OCc2ccc(F)cc2)cc1. The monoisotopic (exact) mass is 509 g/mol. The first kappa shape index (κ1) is 25.8. The highest BCUT2D eigenvalue weighted by atomic mass is 19.1. The number of carbonyl (C=O) groups excluding carboxylic acids is 2. The van der Waals surface area contributed by atoms with Crippen LogP contribution in [0, 0.1) is 11.6 Å². The van der Waals surface area contributed by atoms with Crippen LogP contribution >= 0.6 is 0 Å². The highest BCUT2D eigenvalue weighted by molar-refractivity contribution is 6.46. The van der Waals surface area contributed by atoms with Crippen molar-refractivity contribution in [2.75, 3.05) is 27.4 Å². The molecular formula is C28H25F2NO6. The first-order valence-corrected chi connectivity index (χ1v) is 11.4. The van der Waals surface area contributed by atoms with Gasteiger partial charge in [0.1, 0.15) is 35.5 Å². The van der Waals surface area contributed by atoms with E-state index in [-0.39, 0.29) is 42.5 Å². The zero-order valence-corrected chi connectivity index (χ0v) is 20.2. The van der Waals surface area contributed by atoms with Gasteiger partial charge < -0.3 is 24.2 Å². The van der Waals surface area contributed by atoms with Crippen molar-refractivity contribution in [1.29, 1.82) is 0 Å². The van der Waals surface area contributed by atoms with Crippen molar-refractivity contribution >= 4 is 17.4 Å². The van der Waals surface area contributed by atoms with Crippen LogP contribution < -0.4 is 9.47 Å². The molecule has 1 amide bonds. The van der Waals surface area contributed by atoms with Crippen molar-refractivity contribution in [2.24, 2.45) is 0 Å². The van der Waals surface area contributed by atoms with Gasteiger partial charge in [-0.1, -0.05) is 24.3 Å². The van der Waals surface area contributed by atoms with E-state index in [0.717, 1.165) is 17.7 Å². The summed E-state index contributed by atoms with van der Waals surface area (Å²) in [6.07, 6.45) is 0. The lowest BCUT2D eigenvalue weighted by Gasteiger charge is -2.25. The number of ether oxygens (including phenoxy) is 3. The zero-order chi connectivity index (χ0) is 26.5. The van der Waals surface area contributed by atoms with Gasteiger partial charge in [0.05, 0.1) is 30.9 Å². The molecule has 1 N–H and O–H groups in total. The minimum atomic E-state index is -0.950. The normalized spacial score (nSPS) is 16.8. The lowest BCUT2D eigenvalue weighted by Crippen LogP contribution is -2.32. The van der Waals surface area contributed by atoms with Gasteiger partial charge in [0, 0.05) is 13.7 Å². The number of carbonyl (C=O) groups is 2. The summed E-state index contributed by atoms with van der Waals surface area (Å²) in [5.74, 6) is -2.59. The fourth-order valence-electron chi connectivity index (χ4n) is 4.15. The molecule has 1 unspecified atom stereocenters. The van der Waals surface area contributed by atoms with E-state index in [2.05, 4.69) is 0 Å². The first-order valence-electron chi connectivity index (χ1n) is 11.4. The molecule has 0 bridgehead atoms. The molecular weight excluding hydrogens is 484 g/mol. The molecule has 3 aromatic carbocycles. The number of hydrogen-bond donors (Lipinski definition) is 1. The Kier molecular flexibility index (Phi) is 7.83. The van der Waals surface area contributed by atoms with Crippen LogP contribution in [0.3, 0.4) is 0 Å². The molecule has 1 aliphatic heterocycles. The Morgan fingerprint density at radius 1 is 0.946 bits per heavy atom. The van der Waals surface area contributed by atoms with E-state index >= 15 is 0 Å². The Morgan fingerprint density at radius 3 is 2.27 bits per heavy atom. The first-order chi connectivity index (χ1) is 17.8. The van der Waals surface area contributed by atoms with E-state index < -0.39 is 29.3 Å². The fourth-order valence-corrected chi connectivity index (χ4v) is 4.15. The van der Waals surface area contributed by atoms with Crippen molar-refractivity contribution in [3.8, 4) is 11.5 Å². The minimum absolute atomic E-state index is 0.0449. The summed E-state index contributed by atoms with van der Waals surface area (Å²) in [5, 5.41) is 11.2. The molecule has 1 heterocycles. The third kappa shape index (κ3) is 5.46. The lowest BCUT2D eigenvalue weighted by molar-refractivity contribution is -0.140. The van der Waals surface area contributed by atoms with Crippen molar-refractivity contribution in [1.82, 2.24) is 4.90 Å². The van der Waals surface area contributed by atoms with E-state index in [0.29, 0.717) is 11.3 Å². The number of likely N-dealkylation sites (tertiary alicyclic amines) is 1. The number of hydrogen-bond acceptors (Lipinski definition) is 6. The van der Waals surface area contributed by atoms with Crippen LogP contribution in [-0.4, -0.2) is 49.1 Å². The lowest BCUT2D eigenvalue weighted by atomic mass is 9.95. The third-order valence-corrected chi connectivity index (χ3v) is 6.01. The van der Waals surface area contributed by atoms with Crippen molar-refractivity contribution in [3.05, 3.63) is 101 Å². The zero-order valence-electron chi connectivity index (χ0n) is 20.2. The Balaban J connectivity index is 1.70. The number of Topliss-reactive ketones (excluding diaryl/α,β-unsaturated/α-hetero) is 1. The molecule has 0 saturated carbocycles. The number of ketones is 1. The second kappa shape index (κ2) is 11.2. The van der Waals surface area contributed by atoms with E-state index in [9.17, 15) is 23.5 Å². The summed E-state index contributed by atoms with van der Waals surface area (Å²) < 4.78 is 43.2. The maximum Gasteiger partial charge on any atom is 0.295 e. The predicted molar refractivity (Wildman–Crippen MR) is 131 cm³/mol. The van der Waals surface area contributed by atoms with Crippen LogP contribution in [0.1, 0.15) is 22.7 Å². The Hall–Kier alpha value is -4.24. The summed E-state index contributed by atoms with van der Waals surface area (Å²) in [6.45, 7) is 0.461. The summed E-state index contributed by atoms with van der Waals surface area (Å²) in [5.41, 5.74) is 1.07. The summed E-state index contributed by atoms with van der Waals surface area (Å²) in [4.78, 5) is 27.3. The number of nitrogens with zero attached hydrogens (tertiary/aromatic N) is 1. The largest absolute Gasteiger partial charge is 0.507 e. The maximum atomic E-state index is 14.0. The third-order valence-electron chi connectivity index (χ3n) is 6.01. The number of rotatable bonds is 9. The number of benzene rings is 3. The molecule has 9 heteroatoms. The smallest absolute Gasteiger partial charge is 0.295 e. The van der Waals surface area contributed by atoms with Gasteiger partial charge in [-0.15, -0.1) is 0 Å². The molecule has 1 aliphatic rings. The van der Waals surface area contributed by atoms with Gasteiger partial charge >= 0.3 is 0 Å². The highest BCUT2D eigenvalue weighted by Gasteiger charge is 2.46. The molecule has 0 spiro atoms. The summed E-state index contributed by atoms with van der Waals surface area (Å²) in [7, 11) is 2.82. The molecule has 0 aliphatic carbocycles. The molecule has 0 aromatic heterocycles. The molecule has 1 atom stereocenters. The average molecular weight is 510 g/mol. The molecule has 1 fully saturated rings. The molecule has 1 saturated heterocycles. The van der Waals surface area contributed by atoms with Crippen LogP contribution in [0.5, 0.6) is 11.5 Å². The number of amides is 1. The van der Waals surface area contributed by atoms with Crippen molar-refractivity contribution in [3.63, 3.8) is 0 Å². The summed E-state index contributed by atoms with van der Waals surface area (Å²) >= 11 is 0.